The molecule has 1 aliphatic rings. The van der Waals surface area contributed by atoms with Crippen molar-refractivity contribution in [3.8, 4) is 0 Å². The third-order valence-corrected chi connectivity index (χ3v) is 2.07. The Morgan fingerprint density at radius 1 is 1.17 bits per heavy atom. The quantitative estimate of drug-likeness (QED) is 0.453. The molecule has 1 aliphatic heterocycles. The van der Waals surface area contributed by atoms with Crippen molar-refractivity contribution in [2.75, 3.05) is 7.11 Å². The van der Waals surface area contributed by atoms with Crippen LogP contribution in [0.3, 0.4) is 0 Å². The number of rotatable bonds is 1. The Morgan fingerprint density at radius 3 is 2.25 bits per heavy atom. The smallest absolute Gasteiger partial charge is 0.183 e. The van der Waals surface area contributed by atoms with Crippen LogP contribution in [0.5, 0.6) is 0 Å². The van der Waals surface area contributed by atoms with Crippen LogP contribution in [-0.4, -0.2) is 53.1 Å². The summed E-state index contributed by atoms with van der Waals surface area (Å²) in [7, 11) is 1.41. The first-order valence-electron chi connectivity index (χ1n) is 3.80. The molecule has 0 radical (unpaired) electrons. The van der Waals surface area contributed by atoms with Gasteiger partial charge in [0, 0.05) is 7.11 Å². The second kappa shape index (κ2) is 3.68. The second-order valence-corrected chi connectivity index (χ2v) is 2.91. The van der Waals surface area contributed by atoms with E-state index in [0.717, 1.165) is 0 Å². The fourth-order valence-corrected chi connectivity index (χ4v) is 1.35. The summed E-state index contributed by atoms with van der Waals surface area (Å²) in [4.78, 5) is 0. The van der Waals surface area contributed by atoms with Gasteiger partial charge in [-0.15, -0.1) is 0 Å². The van der Waals surface area contributed by atoms with Crippen molar-refractivity contribution in [1.29, 1.82) is 0 Å². The average Bonchev–Trinajstić information content (AvgIpc) is 2.01. The van der Waals surface area contributed by atoms with Crippen LogP contribution in [-0.2, 0) is 9.47 Å². The number of hydrogen-bond acceptors (Lipinski definition) is 5. The number of ether oxygens (including phenoxy) is 2. The molecule has 0 aliphatic carbocycles. The second-order valence-electron chi connectivity index (χ2n) is 2.91. The first-order chi connectivity index (χ1) is 5.57. The van der Waals surface area contributed by atoms with Crippen molar-refractivity contribution in [2.24, 2.45) is 0 Å². The van der Waals surface area contributed by atoms with E-state index in [4.69, 9.17) is 19.7 Å². The molecule has 0 aromatic heterocycles. The van der Waals surface area contributed by atoms with Crippen LogP contribution in [0, 0.1) is 0 Å². The Hall–Kier alpha value is -0.200. The lowest BCUT2D eigenvalue weighted by atomic mass is 10.00. The van der Waals surface area contributed by atoms with Crippen molar-refractivity contribution in [3.05, 3.63) is 0 Å². The number of hydrogen-bond donors (Lipinski definition) is 3. The molecule has 72 valence electrons. The van der Waals surface area contributed by atoms with Gasteiger partial charge >= 0.3 is 0 Å². The summed E-state index contributed by atoms with van der Waals surface area (Å²) in [5, 5.41) is 27.6. The molecule has 3 N–H and O–H groups in total. The van der Waals surface area contributed by atoms with E-state index in [-0.39, 0.29) is 0 Å². The zero-order chi connectivity index (χ0) is 9.30. The zero-order valence-electron chi connectivity index (χ0n) is 7.04. The minimum atomic E-state index is -1.33. The predicted octanol–water partition coefficient (Wildman–Crippen LogP) is -1.54. The minimum Gasteiger partial charge on any atom is -0.387 e. The molecule has 0 saturated carbocycles. The molecule has 0 amide bonds. The number of methoxy groups -OCH3 is 1. The summed E-state index contributed by atoms with van der Waals surface area (Å²) in [6, 6.07) is 0. The van der Waals surface area contributed by atoms with E-state index in [1.807, 2.05) is 0 Å². The SMILES string of the molecule is CO[C@@H]1[C@H](O)[C@@H](O)[C@H](O)O[C@@H]1C. The first-order valence-corrected chi connectivity index (χ1v) is 3.80. The summed E-state index contributed by atoms with van der Waals surface area (Å²) in [6.45, 7) is 1.66. The van der Waals surface area contributed by atoms with Crippen LogP contribution in [0.4, 0.5) is 0 Å². The van der Waals surface area contributed by atoms with Crippen LogP contribution < -0.4 is 0 Å². The van der Waals surface area contributed by atoms with E-state index in [1.54, 1.807) is 6.92 Å². The number of aliphatic hydroxyl groups is 3. The third kappa shape index (κ3) is 1.60. The standard InChI is InChI=1S/C7H14O5/c1-3-6(11-2)4(8)5(9)7(10)12-3/h3-10H,1-2H3/t3-,4-,5-,6+,7-/m1/s1. The maximum Gasteiger partial charge on any atom is 0.183 e. The molecule has 1 heterocycles. The van der Waals surface area contributed by atoms with Gasteiger partial charge in [0.05, 0.1) is 6.10 Å². The molecular weight excluding hydrogens is 164 g/mol. The highest BCUT2D eigenvalue weighted by Crippen LogP contribution is 2.21. The Kier molecular flexibility index (Phi) is 3.03. The molecule has 0 spiro atoms. The molecule has 5 atom stereocenters. The van der Waals surface area contributed by atoms with Gasteiger partial charge in [0.2, 0.25) is 0 Å². The molecule has 5 heteroatoms. The zero-order valence-corrected chi connectivity index (χ0v) is 7.04. The van der Waals surface area contributed by atoms with Crippen LogP contribution in [0.25, 0.3) is 0 Å². The molecule has 0 aromatic rings. The van der Waals surface area contributed by atoms with E-state index >= 15 is 0 Å². The summed E-state index contributed by atoms with van der Waals surface area (Å²) in [6.07, 6.45) is -4.76. The van der Waals surface area contributed by atoms with Gasteiger partial charge in [-0.25, -0.2) is 0 Å². The maximum absolute atomic E-state index is 9.36. The highest BCUT2D eigenvalue weighted by Gasteiger charge is 2.41. The van der Waals surface area contributed by atoms with Gasteiger partial charge in [0.25, 0.3) is 0 Å². The minimum absolute atomic E-state index is 0.427. The van der Waals surface area contributed by atoms with Crippen LogP contribution in [0.1, 0.15) is 6.92 Å². The van der Waals surface area contributed by atoms with Gasteiger partial charge in [0.15, 0.2) is 6.29 Å². The van der Waals surface area contributed by atoms with E-state index in [0.29, 0.717) is 0 Å². The van der Waals surface area contributed by atoms with E-state index in [1.165, 1.54) is 7.11 Å². The Bertz CT molecular complexity index is 151. The van der Waals surface area contributed by atoms with Crippen molar-refractivity contribution < 1.29 is 24.8 Å². The van der Waals surface area contributed by atoms with Gasteiger partial charge in [-0.1, -0.05) is 0 Å². The largest absolute Gasteiger partial charge is 0.387 e. The topological polar surface area (TPSA) is 79.2 Å². The Labute approximate surface area is 70.5 Å². The Morgan fingerprint density at radius 2 is 1.75 bits per heavy atom. The molecular formula is C7H14O5. The lowest BCUT2D eigenvalue weighted by Crippen LogP contribution is -2.57. The maximum atomic E-state index is 9.36. The van der Waals surface area contributed by atoms with Crippen molar-refractivity contribution >= 4 is 0 Å². The Balaban J connectivity index is 2.65. The average molecular weight is 178 g/mol. The van der Waals surface area contributed by atoms with Crippen LogP contribution in [0.2, 0.25) is 0 Å². The molecule has 5 nitrogen and oxygen atoms in total. The molecule has 1 fully saturated rings. The molecule has 12 heavy (non-hydrogen) atoms. The molecule has 1 rings (SSSR count). The highest BCUT2D eigenvalue weighted by atomic mass is 16.6. The van der Waals surface area contributed by atoms with Crippen LogP contribution >= 0.6 is 0 Å². The molecule has 0 unspecified atom stereocenters. The summed E-state index contributed by atoms with van der Waals surface area (Å²) >= 11 is 0. The molecule has 0 bridgehead atoms. The van der Waals surface area contributed by atoms with Gasteiger partial charge in [0.1, 0.15) is 18.3 Å². The summed E-state index contributed by atoms with van der Waals surface area (Å²) < 4.78 is 9.78. The summed E-state index contributed by atoms with van der Waals surface area (Å²) in [5.74, 6) is 0. The lowest BCUT2D eigenvalue weighted by Gasteiger charge is -2.38. The normalized spacial score (nSPS) is 49.2. The van der Waals surface area contributed by atoms with Crippen molar-refractivity contribution in [1.82, 2.24) is 0 Å². The summed E-state index contributed by atoms with van der Waals surface area (Å²) in [5.41, 5.74) is 0. The van der Waals surface area contributed by atoms with E-state index in [9.17, 15) is 5.11 Å². The first kappa shape index (κ1) is 9.88. The van der Waals surface area contributed by atoms with Gasteiger partial charge in [-0.05, 0) is 6.92 Å². The predicted molar refractivity (Wildman–Crippen MR) is 39.4 cm³/mol. The van der Waals surface area contributed by atoms with Gasteiger partial charge in [-0.2, -0.15) is 0 Å². The lowest BCUT2D eigenvalue weighted by molar-refractivity contribution is -0.281. The number of aliphatic hydroxyl groups excluding tert-OH is 3. The fraction of sp³-hybridized carbons (Fsp3) is 1.00. The van der Waals surface area contributed by atoms with Gasteiger partial charge < -0.3 is 24.8 Å². The monoisotopic (exact) mass is 178 g/mol. The highest BCUT2D eigenvalue weighted by molar-refractivity contribution is 4.87. The van der Waals surface area contributed by atoms with E-state index < -0.39 is 30.7 Å². The van der Waals surface area contributed by atoms with Gasteiger partial charge in [-0.3, -0.25) is 0 Å². The fourth-order valence-electron chi connectivity index (χ4n) is 1.35. The molecule has 1 saturated heterocycles. The van der Waals surface area contributed by atoms with Crippen molar-refractivity contribution in [3.63, 3.8) is 0 Å². The van der Waals surface area contributed by atoms with Crippen molar-refractivity contribution in [2.45, 2.75) is 37.6 Å². The molecule has 0 aromatic carbocycles. The van der Waals surface area contributed by atoms with E-state index in [2.05, 4.69) is 0 Å². The third-order valence-electron chi connectivity index (χ3n) is 2.07. The van der Waals surface area contributed by atoms with Crippen LogP contribution in [0.15, 0.2) is 0 Å².